The second-order valence-corrected chi connectivity index (χ2v) is 5.96. The SMILES string of the molecule is CCOC(=O)CCNS(=O)(=O)c1cccc(Cl)c1C. The van der Waals surface area contributed by atoms with Gasteiger partial charge in [-0.2, -0.15) is 0 Å². The van der Waals surface area contributed by atoms with Crippen LogP contribution in [0.25, 0.3) is 0 Å². The zero-order chi connectivity index (χ0) is 14.5. The van der Waals surface area contributed by atoms with Crippen LogP contribution in [0.2, 0.25) is 5.02 Å². The predicted octanol–water partition coefficient (Wildman–Crippen LogP) is 1.88. The summed E-state index contributed by atoms with van der Waals surface area (Å²) in [4.78, 5) is 11.2. The second-order valence-electron chi connectivity index (χ2n) is 3.82. The standard InChI is InChI=1S/C12H16ClNO4S/c1-3-18-12(15)7-8-14-19(16,17)11-6-4-5-10(13)9(11)2/h4-6,14H,3,7-8H2,1-2H3. The fourth-order valence-corrected chi connectivity index (χ4v) is 3.00. The van der Waals surface area contributed by atoms with Crippen molar-refractivity contribution >= 4 is 27.6 Å². The summed E-state index contributed by atoms with van der Waals surface area (Å²) < 4.78 is 31.1. The van der Waals surface area contributed by atoms with Gasteiger partial charge in [0.2, 0.25) is 10.0 Å². The number of carbonyl (C=O) groups is 1. The van der Waals surface area contributed by atoms with Crippen molar-refractivity contribution < 1.29 is 17.9 Å². The van der Waals surface area contributed by atoms with E-state index in [4.69, 9.17) is 16.3 Å². The Kier molecular flexibility index (Phi) is 5.78. The largest absolute Gasteiger partial charge is 0.466 e. The van der Waals surface area contributed by atoms with Crippen LogP contribution in [-0.2, 0) is 19.6 Å². The third-order valence-electron chi connectivity index (χ3n) is 2.43. The number of esters is 1. The van der Waals surface area contributed by atoms with Gasteiger partial charge in [0, 0.05) is 11.6 Å². The monoisotopic (exact) mass is 305 g/mol. The molecular weight excluding hydrogens is 290 g/mol. The molecule has 0 fully saturated rings. The molecule has 0 radical (unpaired) electrons. The van der Waals surface area contributed by atoms with Gasteiger partial charge in [0.25, 0.3) is 0 Å². The molecular formula is C12H16ClNO4S. The Morgan fingerprint density at radius 2 is 2.11 bits per heavy atom. The smallest absolute Gasteiger partial charge is 0.307 e. The lowest BCUT2D eigenvalue weighted by atomic mass is 10.2. The Hall–Kier alpha value is -1.11. The van der Waals surface area contributed by atoms with Crippen LogP contribution >= 0.6 is 11.6 Å². The highest BCUT2D eigenvalue weighted by molar-refractivity contribution is 7.89. The second kappa shape index (κ2) is 6.88. The van der Waals surface area contributed by atoms with Crippen molar-refractivity contribution in [2.24, 2.45) is 0 Å². The molecule has 1 N–H and O–H groups in total. The number of rotatable bonds is 6. The summed E-state index contributed by atoms with van der Waals surface area (Å²) in [5, 5.41) is 0.383. The minimum absolute atomic E-state index is 0.00683. The third kappa shape index (κ3) is 4.49. The lowest BCUT2D eigenvalue weighted by molar-refractivity contribution is -0.142. The molecule has 0 amide bonds. The molecule has 0 aliphatic carbocycles. The van der Waals surface area contributed by atoms with Crippen LogP contribution in [0.5, 0.6) is 0 Å². The third-order valence-corrected chi connectivity index (χ3v) is 4.45. The number of hydrogen-bond donors (Lipinski definition) is 1. The van der Waals surface area contributed by atoms with Crippen LogP contribution in [0, 0.1) is 6.92 Å². The van der Waals surface area contributed by atoms with Gasteiger partial charge in [-0.15, -0.1) is 0 Å². The highest BCUT2D eigenvalue weighted by Gasteiger charge is 2.18. The Bertz CT molecular complexity index is 557. The molecule has 106 valence electrons. The topological polar surface area (TPSA) is 72.5 Å². The number of carbonyl (C=O) groups excluding carboxylic acids is 1. The van der Waals surface area contributed by atoms with Gasteiger partial charge in [-0.25, -0.2) is 13.1 Å². The first-order valence-corrected chi connectivity index (χ1v) is 7.65. The number of hydrogen-bond acceptors (Lipinski definition) is 4. The van der Waals surface area contributed by atoms with E-state index in [0.29, 0.717) is 10.6 Å². The minimum atomic E-state index is -3.67. The fraction of sp³-hybridized carbons (Fsp3) is 0.417. The molecule has 5 nitrogen and oxygen atoms in total. The Labute approximate surface area is 118 Å². The van der Waals surface area contributed by atoms with Crippen molar-refractivity contribution in [3.63, 3.8) is 0 Å². The van der Waals surface area contributed by atoms with Crippen molar-refractivity contribution in [1.82, 2.24) is 4.72 Å². The Morgan fingerprint density at radius 3 is 2.74 bits per heavy atom. The lowest BCUT2D eigenvalue weighted by Gasteiger charge is -2.09. The zero-order valence-corrected chi connectivity index (χ0v) is 12.3. The van der Waals surface area contributed by atoms with Gasteiger partial charge in [-0.3, -0.25) is 4.79 Å². The van der Waals surface area contributed by atoms with E-state index in [2.05, 4.69) is 4.72 Å². The maximum Gasteiger partial charge on any atom is 0.307 e. The highest BCUT2D eigenvalue weighted by atomic mass is 35.5. The quantitative estimate of drug-likeness (QED) is 0.815. The lowest BCUT2D eigenvalue weighted by Crippen LogP contribution is -2.27. The van der Waals surface area contributed by atoms with Crippen LogP contribution in [0.4, 0.5) is 0 Å². The van der Waals surface area contributed by atoms with Crippen molar-refractivity contribution in [1.29, 1.82) is 0 Å². The molecule has 0 saturated carbocycles. The van der Waals surface area contributed by atoms with E-state index in [-0.39, 0.29) is 24.5 Å². The van der Waals surface area contributed by atoms with Gasteiger partial charge in [0.05, 0.1) is 17.9 Å². The first kappa shape index (κ1) is 15.9. The first-order valence-electron chi connectivity index (χ1n) is 5.79. The summed E-state index contributed by atoms with van der Waals surface area (Å²) >= 11 is 5.88. The van der Waals surface area contributed by atoms with E-state index in [1.807, 2.05) is 0 Å². The van der Waals surface area contributed by atoms with E-state index in [1.165, 1.54) is 6.07 Å². The molecule has 1 aromatic rings. The average molecular weight is 306 g/mol. The Morgan fingerprint density at radius 1 is 1.42 bits per heavy atom. The van der Waals surface area contributed by atoms with Crippen LogP contribution in [0.15, 0.2) is 23.1 Å². The van der Waals surface area contributed by atoms with E-state index >= 15 is 0 Å². The van der Waals surface area contributed by atoms with Crippen LogP contribution in [-0.4, -0.2) is 27.5 Å². The molecule has 0 aromatic heterocycles. The molecule has 0 bridgehead atoms. The van der Waals surface area contributed by atoms with Gasteiger partial charge < -0.3 is 4.74 Å². The molecule has 0 heterocycles. The molecule has 1 rings (SSSR count). The van der Waals surface area contributed by atoms with E-state index in [9.17, 15) is 13.2 Å². The fourth-order valence-electron chi connectivity index (χ4n) is 1.48. The molecule has 0 unspecified atom stereocenters. The van der Waals surface area contributed by atoms with Crippen molar-refractivity contribution in [2.45, 2.75) is 25.2 Å². The van der Waals surface area contributed by atoms with Crippen LogP contribution in [0.3, 0.4) is 0 Å². The van der Waals surface area contributed by atoms with Crippen molar-refractivity contribution in [2.75, 3.05) is 13.2 Å². The number of sulfonamides is 1. The summed E-state index contributed by atoms with van der Waals surface area (Å²) in [7, 11) is -3.67. The molecule has 0 saturated heterocycles. The maximum atomic E-state index is 12.0. The normalized spacial score (nSPS) is 11.3. The van der Waals surface area contributed by atoms with E-state index in [1.54, 1.807) is 26.0 Å². The summed E-state index contributed by atoms with van der Waals surface area (Å²) in [6, 6.07) is 4.65. The molecule has 19 heavy (non-hydrogen) atoms. The number of halogens is 1. The molecule has 0 aliphatic heterocycles. The van der Waals surface area contributed by atoms with E-state index < -0.39 is 16.0 Å². The summed E-state index contributed by atoms with van der Waals surface area (Å²) in [6.07, 6.45) is -0.00726. The van der Waals surface area contributed by atoms with E-state index in [0.717, 1.165) is 0 Å². The summed E-state index contributed by atoms with van der Waals surface area (Å²) in [5.74, 6) is -0.437. The summed E-state index contributed by atoms with van der Waals surface area (Å²) in [6.45, 7) is 3.59. The average Bonchev–Trinajstić information content (AvgIpc) is 2.32. The van der Waals surface area contributed by atoms with Gasteiger partial charge >= 0.3 is 5.97 Å². The zero-order valence-electron chi connectivity index (χ0n) is 10.8. The number of ether oxygens (including phenoxy) is 1. The highest BCUT2D eigenvalue weighted by Crippen LogP contribution is 2.22. The molecule has 0 aliphatic rings. The van der Waals surface area contributed by atoms with Gasteiger partial charge in [-0.1, -0.05) is 17.7 Å². The summed E-state index contributed by atoms with van der Waals surface area (Å²) in [5.41, 5.74) is 0.479. The Balaban J connectivity index is 2.72. The minimum Gasteiger partial charge on any atom is -0.466 e. The molecule has 1 aromatic carbocycles. The van der Waals surface area contributed by atoms with Crippen LogP contribution in [0.1, 0.15) is 18.9 Å². The molecule has 7 heteroatoms. The molecule has 0 atom stereocenters. The van der Waals surface area contributed by atoms with Gasteiger partial charge in [0.1, 0.15) is 0 Å². The number of nitrogens with one attached hydrogen (secondary N) is 1. The van der Waals surface area contributed by atoms with Gasteiger partial charge in [0.15, 0.2) is 0 Å². The maximum absolute atomic E-state index is 12.0. The van der Waals surface area contributed by atoms with Crippen molar-refractivity contribution in [3.8, 4) is 0 Å². The number of benzene rings is 1. The molecule has 0 spiro atoms. The van der Waals surface area contributed by atoms with Crippen LogP contribution < -0.4 is 4.72 Å². The first-order chi connectivity index (χ1) is 8.88. The predicted molar refractivity (Wildman–Crippen MR) is 72.6 cm³/mol. The van der Waals surface area contributed by atoms with Gasteiger partial charge in [-0.05, 0) is 31.5 Å². The van der Waals surface area contributed by atoms with Crippen molar-refractivity contribution in [3.05, 3.63) is 28.8 Å².